The van der Waals surface area contributed by atoms with E-state index in [4.69, 9.17) is 4.74 Å². The number of hydrogen-bond donors (Lipinski definition) is 1. The number of benzene rings is 2. The summed E-state index contributed by atoms with van der Waals surface area (Å²) in [5, 5.41) is 2.83. The molecule has 0 atom stereocenters. The van der Waals surface area contributed by atoms with Crippen LogP contribution in [0.15, 0.2) is 48.5 Å². The fraction of sp³-hybridized carbons (Fsp3) is 0.381. The summed E-state index contributed by atoms with van der Waals surface area (Å²) < 4.78 is 19.3. The highest BCUT2D eigenvalue weighted by molar-refractivity contribution is 7.99. The van der Waals surface area contributed by atoms with Gasteiger partial charge in [0.2, 0.25) is 5.91 Å². The third-order valence-corrected chi connectivity index (χ3v) is 4.81. The standard InChI is InChI=1S/C21H26FNO2S/c1-21(2,3)17-9-5-7-11-19(17)25-13-12-23-20(24)15-26-14-16-8-4-6-10-18(16)22/h4-11H,12-15H2,1-3H3,(H,23,24). The fourth-order valence-corrected chi connectivity index (χ4v) is 3.33. The van der Waals surface area contributed by atoms with E-state index < -0.39 is 0 Å². The lowest BCUT2D eigenvalue weighted by atomic mass is 9.86. The van der Waals surface area contributed by atoms with Gasteiger partial charge in [-0.05, 0) is 28.7 Å². The van der Waals surface area contributed by atoms with Crippen LogP contribution in [0.25, 0.3) is 0 Å². The van der Waals surface area contributed by atoms with Crippen molar-refractivity contribution in [2.75, 3.05) is 18.9 Å². The zero-order valence-electron chi connectivity index (χ0n) is 15.5. The van der Waals surface area contributed by atoms with E-state index in [0.29, 0.717) is 30.2 Å². The van der Waals surface area contributed by atoms with Crippen molar-refractivity contribution in [2.45, 2.75) is 31.9 Å². The summed E-state index contributed by atoms with van der Waals surface area (Å²) >= 11 is 1.40. The van der Waals surface area contributed by atoms with E-state index in [-0.39, 0.29) is 17.1 Å². The van der Waals surface area contributed by atoms with Crippen LogP contribution in [0.3, 0.4) is 0 Å². The number of ether oxygens (including phenoxy) is 1. The van der Waals surface area contributed by atoms with Crippen LogP contribution in [0.4, 0.5) is 4.39 Å². The molecule has 0 unspecified atom stereocenters. The molecule has 0 aromatic heterocycles. The Hall–Kier alpha value is -2.01. The molecule has 0 radical (unpaired) electrons. The second-order valence-electron chi connectivity index (χ2n) is 7.03. The Morgan fingerprint density at radius 3 is 2.54 bits per heavy atom. The molecule has 5 heteroatoms. The second-order valence-corrected chi connectivity index (χ2v) is 8.01. The first kappa shape index (κ1) is 20.3. The lowest BCUT2D eigenvalue weighted by molar-refractivity contribution is -0.118. The minimum atomic E-state index is -0.230. The number of carbonyl (C=O) groups is 1. The van der Waals surface area contributed by atoms with E-state index in [1.165, 1.54) is 17.8 Å². The number of para-hydroxylation sites is 1. The normalized spacial score (nSPS) is 11.2. The zero-order chi connectivity index (χ0) is 19.0. The Morgan fingerprint density at radius 2 is 1.81 bits per heavy atom. The molecule has 0 fully saturated rings. The quantitative estimate of drug-likeness (QED) is 0.688. The van der Waals surface area contributed by atoms with Crippen molar-refractivity contribution in [1.29, 1.82) is 0 Å². The topological polar surface area (TPSA) is 38.3 Å². The molecule has 2 rings (SSSR count). The monoisotopic (exact) mass is 375 g/mol. The summed E-state index contributed by atoms with van der Waals surface area (Å²) in [5.41, 5.74) is 1.77. The lowest BCUT2D eigenvalue weighted by Crippen LogP contribution is -2.29. The highest BCUT2D eigenvalue weighted by Gasteiger charge is 2.18. The largest absolute Gasteiger partial charge is 0.491 e. The van der Waals surface area contributed by atoms with Crippen LogP contribution in [-0.4, -0.2) is 24.8 Å². The van der Waals surface area contributed by atoms with Gasteiger partial charge < -0.3 is 10.1 Å². The molecule has 0 bridgehead atoms. The van der Waals surface area contributed by atoms with Crippen molar-refractivity contribution < 1.29 is 13.9 Å². The van der Waals surface area contributed by atoms with E-state index in [0.717, 1.165) is 11.3 Å². The Kier molecular flexibility index (Phi) is 7.51. The van der Waals surface area contributed by atoms with Crippen LogP contribution in [0.5, 0.6) is 5.75 Å². The van der Waals surface area contributed by atoms with E-state index >= 15 is 0 Å². The molecule has 140 valence electrons. The Bertz CT molecular complexity index is 728. The molecule has 2 aromatic rings. The molecule has 0 spiro atoms. The predicted octanol–water partition coefficient (Wildman–Crippen LogP) is 4.55. The Balaban J connectivity index is 1.69. The molecule has 0 saturated carbocycles. The van der Waals surface area contributed by atoms with Crippen LogP contribution in [0.1, 0.15) is 31.9 Å². The van der Waals surface area contributed by atoms with Crippen LogP contribution in [0.2, 0.25) is 0 Å². The first-order valence-corrected chi connectivity index (χ1v) is 9.83. The molecule has 1 N–H and O–H groups in total. The second kappa shape index (κ2) is 9.62. The molecule has 0 aliphatic carbocycles. The van der Waals surface area contributed by atoms with Gasteiger partial charge in [-0.15, -0.1) is 11.8 Å². The van der Waals surface area contributed by atoms with Gasteiger partial charge in [0.25, 0.3) is 0 Å². The van der Waals surface area contributed by atoms with E-state index in [1.807, 2.05) is 18.2 Å². The van der Waals surface area contributed by atoms with Crippen molar-refractivity contribution >= 4 is 17.7 Å². The molecule has 26 heavy (non-hydrogen) atoms. The van der Waals surface area contributed by atoms with Crippen molar-refractivity contribution in [2.24, 2.45) is 0 Å². The minimum Gasteiger partial charge on any atom is -0.491 e. The molecule has 0 heterocycles. The van der Waals surface area contributed by atoms with Gasteiger partial charge in [0.15, 0.2) is 0 Å². The number of amides is 1. The number of rotatable bonds is 8. The van der Waals surface area contributed by atoms with E-state index in [2.05, 4.69) is 32.2 Å². The van der Waals surface area contributed by atoms with Crippen molar-refractivity contribution in [3.63, 3.8) is 0 Å². The van der Waals surface area contributed by atoms with Crippen LogP contribution in [-0.2, 0) is 16.0 Å². The molecular formula is C21H26FNO2S. The maximum atomic E-state index is 13.5. The number of carbonyl (C=O) groups excluding carboxylic acids is 1. The van der Waals surface area contributed by atoms with Crippen molar-refractivity contribution in [3.8, 4) is 5.75 Å². The highest BCUT2D eigenvalue weighted by atomic mass is 32.2. The number of thioether (sulfide) groups is 1. The van der Waals surface area contributed by atoms with Gasteiger partial charge in [-0.25, -0.2) is 4.39 Å². The molecule has 0 aliphatic heterocycles. The van der Waals surface area contributed by atoms with Crippen molar-refractivity contribution in [1.82, 2.24) is 5.32 Å². The Morgan fingerprint density at radius 1 is 1.12 bits per heavy atom. The molecule has 3 nitrogen and oxygen atoms in total. The average molecular weight is 376 g/mol. The average Bonchev–Trinajstić information content (AvgIpc) is 2.60. The highest BCUT2D eigenvalue weighted by Crippen LogP contribution is 2.30. The summed E-state index contributed by atoms with van der Waals surface area (Å²) in [4.78, 5) is 11.9. The van der Waals surface area contributed by atoms with Gasteiger partial charge in [-0.3, -0.25) is 4.79 Å². The smallest absolute Gasteiger partial charge is 0.230 e. The summed E-state index contributed by atoms with van der Waals surface area (Å²) in [6, 6.07) is 14.6. The van der Waals surface area contributed by atoms with Gasteiger partial charge in [-0.2, -0.15) is 0 Å². The zero-order valence-corrected chi connectivity index (χ0v) is 16.4. The lowest BCUT2D eigenvalue weighted by Gasteiger charge is -2.22. The first-order valence-electron chi connectivity index (χ1n) is 8.68. The number of halogens is 1. The predicted molar refractivity (Wildman–Crippen MR) is 106 cm³/mol. The first-order chi connectivity index (χ1) is 12.4. The van der Waals surface area contributed by atoms with Gasteiger partial charge in [0, 0.05) is 5.75 Å². The summed E-state index contributed by atoms with van der Waals surface area (Å²) in [7, 11) is 0. The fourth-order valence-electron chi connectivity index (χ4n) is 2.48. The summed E-state index contributed by atoms with van der Waals surface area (Å²) in [5.74, 6) is 1.33. The van der Waals surface area contributed by atoms with Gasteiger partial charge in [0.1, 0.15) is 18.2 Å². The third-order valence-electron chi connectivity index (χ3n) is 3.83. The summed E-state index contributed by atoms with van der Waals surface area (Å²) in [6.07, 6.45) is 0. The molecular weight excluding hydrogens is 349 g/mol. The maximum Gasteiger partial charge on any atom is 0.230 e. The maximum absolute atomic E-state index is 13.5. The van der Waals surface area contributed by atoms with Crippen LogP contribution >= 0.6 is 11.8 Å². The Labute approximate surface area is 159 Å². The van der Waals surface area contributed by atoms with E-state index in [9.17, 15) is 9.18 Å². The number of nitrogens with one attached hydrogen (secondary N) is 1. The van der Waals surface area contributed by atoms with Gasteiger partial charge >= 0.3 is 0 Å². The van der Waals surface area contributed by atoms with Gasteiger partial charge in [-0.1, -0.05) is 57.2 Å². The molecule has 1 amide bonds. The van der Waals surface area contributed by atoms with E-state index in [1.54, 1.807) is 18.2 Å². The van der Waals surface area contributed by atoms with Crippen LogP contribution < -0.4 is 10.1 Å². The van der Waals surface area contributed by atoms with Crippen LogP contribution in [0, 0.1) is 5.82 Å². The summed E-state index contributed by atoms with van der Waals surface area (Å²) in [6.45, 7) is 7.28. The molecule has 2 aromatic carbocycles. The van der Waals surface area contributed by atoms with Gasteiger partial charge in [0.05, 0.1) is 12.3 Å². The molecule has 0 aliphatic rings. The van der Waals surface area contributed by atoms with Crippen molar-refractivity contribution in [3.05, 3.63) is 65.5 Å². The minimum absolute atomic E-state index is 0.00317. The third kappa shape index (κ3) is 6.37. The SMILES string of the molecule is CC(C)(C)c1ccccc1OCCNC(=O)CSCc1ccccc1F. The molecule has 0 saturated heterocycles. The number of hydrogen-bond acceptors (Lipinski definition) is 3.